The fourth-order valence-corrected chi connectivity index (χ4v) is 10.4. The van der Waals surface area contributed by atoms with Crippen molar-refractivity contribution in [3.05, 3.63) is 93.8 Å². The number of fused-ring (bicyclic) bond motifs is 14. The van der Waals surface area contributed by atoms with Gasteiger partial charge in [-0.3, -0.25) is 38.6 Å². The van der Waals surface area contributed by atoms with Gasteiger partial charge in [0.05, 0.1) is 65.7 Å². The number of methoxy groups -OCH3 is 1. The zero-order valence-corrected chi connectivity index (χ0v) is 44.9. The highest BCUT2D eigenvalue weighted by molar-refractivity contribution is 6.32. The van der Waals surface area contributed by atoms with Crippen molar-refractivity contribution in [3.63, 3.8) is 0 Å². The molecule has 0 aromatic heterocycles. The van der Waals surface area contributed by atoms with Gasteiger partial charge in [0.2, 0.25) is 17.5 Å². The highest BCUT2D eigenvalue weighted by atomic mass is 19.1. The molecule has 6 N–H and O–H groups in total. The van der Waals surface area contributed by atoms with Crippen molar-refractivity contribution in [2.45, 2.75) is 98.6 Å². The van der Waals surface area contributed by atoms with Crippen molar-refractivity contribution in [2.24, 2.45) is 23.7 Å². The zero-order chi connectivity index (χ0) is 56.4. The number of amides is 3. The van der Waals surface area contributed by atoms with Crippen LogP contribution in [-0.4, -0.2) is 157 Å². The number of hydrogen-bond acceptors (Lipinski definition) is 18. The summed E-state index contributed by atoms with van der Waals surface area (Å²) in [7, 11) is 1.41. The molecule has 0 radical (unpaired) electrons. The maximum absolute atomic E-state index is 15.7. The topological polar surface area (TPSA) is 272 Å². The van der Waals surface area contributed by atoms with Crippen LogP contribution in [0.3, 0.4) is 0 Å². The predicted molar refractivity (Wildman–Crippen MR) is 278 cm³/mol. The number of halogens is 1. The van der Waals surface area contributed by atoms with Crippen LogP contribution < -0.4 is 30.5 Å². The Bertz CT molecular complexity index is 2820. The number of rotatable bonds is 10. The minimum absolute atomic E-state index is 0.0398. The number of phenolic OH excluding ortho intramolecular Hbond substituents is 1. The molecule has 2 aromatic carbocycles. The molecule has 22 heteroatoms. The van der Waals surface area contributed by atoms with E-state index in [2.05, 4.69) is 16.0 Å². The first-order chi connectivity index (χ1) is 36.4. The van der Waals surface area contributed by atoms with E-state index >= 15 is 4.39 Å². The van der Waals surface area contributed by atoms with Gasteiger partial charge in [0, 0.05) is 102 Å². The van der Waals surface area contributed by atoms with E-state index in [1.807, 2.05) is 9.80 Å². The maximum atomic E-state index is 15.7. The summed E-state index contributed by atoms with van der Waals surface area (Å²) in [5.74, 6) is -10.7. The molecule has 3 amide bonds. The fourth-order valence-electron chi connectivity index (χ4n) is 10.4. The summed E-state index contributed by atoms with van der Waals surface area (Å²) in [4.78, 5) is 99.8. The Hall–Kier alpha value is -7.14. The third kappa shape index (κ3) is 11.9. The second-order valence-corrected chi connectivity index (χ2v) is 20.5. The summed E-state index contributed by atoms with van der Waals surface area (Å²) in [6.45, 7) is 15.9. The number of aliphatic hydroxyl groups is 2. The number of esters is 1. The Morgan fingerprint density at radius 2 is 1.62 bits per heavy atom. The van der Waals surface area contributed by atoms with E-state index in [0.717, 1.165) is 6.26 Å². The first-order valence-electron chi connectivity index (χ1n) is 25.7. The number of aromatic hydroxyl groups is 1. The second-order valence-electron chi connectivity index (χ2n) is 20.5. The quantitative estimate of drug-likeness (QED) is 0.184. The Labute approximate surface area is 446 Å². The molecular weight excluding hydrogens is 1000 g/mol. The number of nitrogens with zero attached hydrogens (tertiary/aromatic N) is 3. The lowest BCUT2D eigenvalue weighted by molar-refractivity contribution is -0.160. The number of carbonyl (C=O) groups excluding carboxylic acids is 7. The standard InChI is InChI=1S/C55H69FN6O15/c1-27-12-11-13-28(2)53(71)59-44-43(57-17-18-60-19-21-61(22-20-60)38-15-14-35(24-37(38)56)62-26-36(76-54(62)72)25-58-33(7)63)48(68)40-41(49(44)69)47(67)32(6)51-42(40)52(70)55(9,77-51)74-23-16-39(73-10)29(3)50(75-34(8)64)31(5)46(66)30(4)45(27)65/h11-16,23-24,27,29-31,36,39,45-46,50,57,65-67H,17-22,25-26H2,1-10H3,(H,58,63)(H,59,71)/b12-11+,23-16+,28-13-/t27-,29+,30+,31+,36-,39-,45-,46+,50+,55-/m0/s1. The Morgan fingerprint density at radius 3 is 2.27 bits per heavy atom. The van der Waals surface area contributed by atoms with Gasteiger partial charge < -0.3 is 59.9 Å². The number of nitrogens with one attached hydrogen (secondary N) is 3. The highest BCUT2D eigenvalue weighted by Crippen LogP contribution is 2.48. The van der Waals surface area contributed by atoms with Crippen LogP contribution in [0.2, 0.25) is 0 Å². The molecule has 21 nitrogen and oxygen atoms in total. The molecule has 0 saturated carbocycles. The molecule has 5 aliphatic heterocycles. The normalized spacial score (nSPS) is 30.0. The van der Waals surface area contributed by atoms with E-state index in [1.54, 1.807) is 45.9 Å². The number of ketones is 3. The van der Waals surface area contributed by atoms with Crippen molar-refractivity contribution in [3.8, 4) is 11.5 Å². The first kappa shape index (κ1) is 57.6. The van der Waals surface area contributed by atoms with Gasteiger partial charge in [-0.2, -0.15) is 0 Å². The van der Waals surface area contributed by atoms with E-state index in [0.29, 0.717) is 44.1 Å². The van der Waals surface area contributed by atoms with Crippen molar-refractivity contribution < 1.29 is 77.0 Å². The Balaban J connectivity index is 1.15. The average Bonchev–Trinajstić information content (AvgIpc) is 4.03. The summed E-state index contributed by atoms with van der Waals surface area (Å²) >= 11 is 0. The van der Waals surface area contributed by atoms with E-state index in [4.69, 9.17) is 23.7 Å². The fraction of sp³-hybridized carbons (Fsp3) is 0.509. The third-order valence-corrected chi connectivity index (χ3v) is 15.1. The molecule has 0 unspecified atom stereocenters. The average molecular weight is 1070 g/mol. The number of Topliss-reactive ketones (excluding diaryl/α,β-unsaturated/α-hetero) is 3. The van der Waals surface area contributed by atoms with Gasteiger partial charge >= 0.3 is 17.8 Å². The zero-order valence-electron chi connectivity index (χ0n) is 44.9. The molecule has 10 atom stereocenters. The minimum Gasteiger partial charge on any atom is -0.507 e. The molecule has 5 bridgehead atoms. The lowest BCUT2D eigenvalue weighted by Gasteiger charge is -2.38. The van der Waals surface area contributed by atoms with Gasteiger partial charge in [0.25, 0.3) is 11.7 Å². The molecule has 416 valence electrons. The van der Waals surface area contributed by atoms with Gasteiger partial charge in [-0.15, -0.1) is 0 Å². The number of carbonyl (C=O) groups is 7. The highest BCUT2D eigenvalue weighted by Gasteiger charge is 2.53. The summed E-state index contributed by atoms with van der Waals surface area (Å²) < 4.78 is 44.7. The molecule has 1 aliphatic carbocycles. The molecule has 6 aliphatic rings. The lowest BCUT2D eigenvalue weighted by atomic mass is 9.78. The largest absolute Gasteiger partial charge is 0.507 e. The van der Waals surface area contributed by atoms with Gasteiger partial charge in [0.1, 0.15) is 40.9 Å². The number of piperazine rings is 1. The Morgan fingerprint density at radius 1 is 0.922 bits per heavy atom. The van der Waals surface area contributed by atoms with Crippen LogP contribution in [0.25, 0.3) is 0 Å². The van der Waals surface area contributed by atoms with E-state index in [1.165, 1.54) is 70.9 Å². The number of aliphatic hydroxyl groups excluding tert-OH is 2. The van der Waals surface area contributed by atoms with Crippen LogP contribution in [-0.2, 0) is 33.3 Å². The van der Waals surface area contributed by atoms with Crippen LogP contribution in [0.5, 0.6) is 11.5 Å². The van der Waals surface area contributed by atoms with Crippen LogP contribution >= 0.6 is 0 Å². The SMILES string of the molecule is CO[C@H]1/C=C/O[C@@]2(C)Oc3c(C)c(O)c4c(c3C2=O)C(=O)C(NCCN2CCN(c3ccc(N5C[C@H](CNC(C)=O)OC5=O)cc3F)CC2)=C(NC(=O)/C(C)=C\C=C\[C@H](C)[C@H](O)[C@@H](C)[C@@H](O)[C@@H](C)[C@H](OC(C)=O)[C@@H]1C)C4=O. The van der Waals surface area contributed by atoms with Crippen LogP contribution in [0, 0.1) is 36.4 Å². The smallest absolute Gasteiger partial charge is 0.414 e. The number of allylic oxidation sites excluding steroid dienone is 4. The number of phenols is 1. The van der Waals surface area contributed by atoms with Crippen molar-refractivity contribution >= 4 is 52.6 Å². The molecule has 2 saturated heterocycles. The van der Waals surface area contributed by atoms with Crippen LogP contribution in [0.15, 0.2) is 65.7 Å². The van der Waals surface area contributed by atoms with Gasteiger partial charge in [-0.1, -0.05) is 45.9 Å². The number of benzene rings is 2. The van der Waals surface area contributed by atoms with Crippen molar-refractivity contribution in [1.82, 2.24) is 20.9 Å². The van der Waals surface area contributed by atoms with Crippen molar-refractivity contribution in [1.29, 1.82) is 0 Å². The summed E-state index contributed by atoms with van der Waals surface area (Å²) in [6.07, 6.45) is 1.88. The third-order valence-electron chi connectivity index (χ3n) is 15.1. The van der Waals surface area contributed by atoms with Crippen molar-refractivity contribution in [2.75, 3.05) is 69.3 Å². The van der Waals surface area contributed by atoms with E-state index in [9.17, 15) is 48.9 Å². The van der Waals surface area contributed by atoms with Crippen LogP contribution in [0.1, 0.15) is 92.0 Å². The molecule has 8 rings (SSSR count). The number of cyclic esters (lactones) is 1. The van der Waals surface area contributed by atoms with Crippen LogP contribution in [0.4, 0.5) is 20.6 Å². The first-order valence-corrected chi connectivity index (χ1v) is 25.7. The monoisotopic (exact) mass is 1070 g/mol. The number of anilines is 2. The Kier molecular flexibility index (Phi) is 17.7. The summed E-state index contributed by atoms with van der Waals surface area (Å²) in [6, 6.07) is 4.48. The van der Waals surface area contributed by atoms with Gasteiger partial charge in [-0.25, -0.2) is 9.18 Å². The summed E-state index contributed by atoms with van der Waals surface area (Å²) in [5, 5.41) is 43.0. The second kappa shape index (κ2) is 23.6. The molecular formula is C55H69FN6O15. The number of hydrogen-bond donors (Lipinski definition) is 6. The molecule has 77 heavy (non-hydrogen) atoms. The molecule has 5 heterocycles. The lowest BCUT2D eigenvalue weighted by Crippen LogP contribution is -2.49. The van der Waals surface area contributed by atoms with Gasteiger partial charge in [0.15, 0.2) is 0 Å². The van der Waals surface area contributed by atoms with E-state index < -0.39 is 124 Å². The maximum Gasteiger partial charge on any atom is 0.414 e. The molecule has 2 fully saturated rings. The predicted octanol–water partition coefficient (Wildman–Crippen LogP) is 3.97. The van der Waals surface area contributed by atoms with E-state index in [-0.39, 0.29) is 53.7 Å². The molecule has 0 spiro atoms. The molecule has 2 aromatic rings. The minimum atomic E-state index is -2.15. The van der Waals surface area contributed by atoms with Gasteiger partial charge in [-0.05, 0) is 38.1 Å². The number of ether oxygens (including phenoxy) is 5. The summed E-state index contributed by atoms with van der Waals surface area (Å²) in [5.41, 5.74) is -1.50.